The molecule has 18 heteroatoms. The lowest BCUT2D eigenvalue weighted by Crippen LogP contribution is -2.39. The van der Waals surface area contributed by atoms with Crippen LogP contribution in [-0.4, -0.2) is 127 Å². The fourth-order valence-corrected chi connectivity index (χ4v) is 8.84. The molecule has 1 amide bonds. The molecule has 2 aliphatic rings. The van der Waals surface area contributed by atoms with Gasteiger partial charge < -0.3 is 39.0 Å². The monoisotopic (exact) mass is 634 g/mol. The molecular weight excluding hydrogens is 595 g/mol. The van der Waals surface area contributed by atoms with Gasteiger partial charge in [0.05, 0.1) is 28.7 Å². The molecule has 0 radical (unpaired) electrons. The maximum absolute atomic E-state index is 14.4. The van der Waals surface area contributed by atoms with E-state index in [0.717, 1.165) is 17.1 Å². The van der Waals surface area contributed by atoms with Gasteiger partial charge in [0.15, 0.2) is 0 Å². The van der Waals surface area contributed by atoms with Crippen LogP contribution >= 0.6 is 18.2 Å². The Morgan fingerprint density at radius 1 is 1.05 bits per heavy atom. The van der Waals surface area contributed by atoms with Crippen LogP contribution in [0.5, 0.6) is 0 Å². The van der Waals surface area contributed by atoms with Gasteiger partial charge >= 0.3 is 6.80 Å². The van der Waals surface area contributed by atoms with Gasteiger partial charge in [-0.05, 0) is 35.6 Å². The van der Waals surface area contributed by atoms with Gasteiger partial charge in [-0.3, -0.25) is 13.8 Å². The van der Waals surface area contributed by atoms with Crippen LogP contribution in [0.3, 0.4) is 0 Å². The zero-order valence-electron chi connectivity index (χ0n) is 25.2. The number of amides is 1. The molecule has 2 fully saturated rings. The van der Waals surface area contributed by atoms with E-state index in [2.05, 4.69) is 5.32 Å². The first-order valence-corrected chi connectivity index (χ1v) is 17.6. The van der Waals surface area contributed by atoms with Gasteiger partial charge in [-0.1, -0.05) is 18.2 Å². The summed E-state index contributed by atoms with van der Waals surface area (Å²) < 4.78 is 51.2. The maximum atomic E-state index is 14.4. The molecule has 43 heavy (non-hydrogen) atoms. The fourth-order valence-electron chi connectivity index (χ4n) is 5.42. The van der Waals surface area contributed by atoms with Crippen molar-refractivity contribution in [2.75, 3.05) is 32.8 Å². The Morgan fingerprint density at radius 2 is 1.70 bits per heavy atom. The summed E-state index contributed by atoms with van der Waals surface area (Å²) in [5.41, 5.74) is 1.28. The maximum Gasteiger partial charge on any atom is 0.390 e. The molecular formula is C25H39B4N2O10PS. The van der Waals surface area contributed by atoms with Crippen LogP contribution in [0, 0.1) is 0 Å². The largest absolute Gasteiger partial charge is 0.394 e. The topological polar surface area (TPSA) is 147 Å². The highest BCUT2D eigenvalue weighted by Crippen LogP contribution is 2.63. The molecule has 0 aliphatic carbocycles. The standard InChI is InChI=1S/C25H39B4N2O10PS/c1-31-15(9-10-18(31)30-25(34)14-7-5-4-6-8-14)13-43-42(35,38-12-17-19(33)21(36-2)23(28-26)40-17)41-20-16(11-32)39-24(29-27)22(20)37-3/h4-10,16-17,19-24,28-29,32-33H,11-13,26-27H2,1-3H3,(H,30,34)/t16-,17-,19?,20?,21+,22+,23-,24-,42?/m1/s1. The van der Waals surface area contributed by atoms with Gasteiger partial charge in [0.2, 0.25) is 0 Å². The lowest BCUT2D eigenvalue weighted by atomic mass is 9.50. The van der Waals surface area contributed by atoms with Crippen molar-refractivity contribution in [3.05, 3.63) is 53.7 Å². The summed E-state index contributed by atoms with van der Waals surface area (Å²) in [4.78, 5) is 12.7. The smallest absolute Gasteiger partial charge is 0.390 e. The molecule has 0 saturated carbocycles. The van der Waals surface area contributed by atoms with Crippen LogP contribution in [0.4, 0.5) is 5.82 Å². The highest BCUT2D eigenvalue weighted by molar-refractivity contribution is 8.54. The molecule has 1 aromatic heterocycles. The Morgan fingerprint density at radius 3 is 2.30 bits per heavy atom. The minimum atomic E-state index is -3.98. The first kappa shape index (κ1) is 34.4. The number of rotatable bonds is 15. The summed E-state index contributed by atoms with van der Waals surface area (Å²) in [6, 6.07) is 11.8. The molecule has 232 valence electrons. The Kier molecular flexibility index (Phi) is 12.5. The number of carbonyl (C=O) groups is 1. The van der Waals surface area contributed by atoms with Crippen molar-refractivity contribution in [1.29, 1.82) is 0 Å². The highest BCUT2D eigenvalue weighted by atomic mass is 32.7. The number of hydrogen-bond donors (Lipinski definition) is 3. The van der Waals surface area contributed by atoms with Crippen molar-refractivity contribution >= 4 is 59.7 Å². The molecule has 2 aromatic rings. The number of nitrogens with zero attached hydrogens (tertiary/aromatic N) is 1. The quantitative estimate of drug-likeness (QED) is 0.161. The summed E-state index contributed by atoms with van der Waals surface area (Å²) in [5, 5.41) is 23.7. The summed E-state index contributed by atoms with van der Waals surface area (Å²) in [6.45, 7) is -4.54. The van der Waals surface area contributed by atoms with E-state index >= 15 is 0 Å². The first-order valence-electron chi connectivity index (χ1n) is 14.4. The van der Waals surface area contributed by atoms with Gasteiger partial charge in [0.1, 0.15) is 56.8 Å². The fraction of sp³-hybridized carbons (Fsp3) is 0.560. The number of ether oxygens (including phenoxy) is 4. The van der Waals surface area contributed by atoms with Crippen LogP contribution in [0.1, 0.15) is 16.1 Å². The number of methoxy groups -OCH3 is 2. The number of benzene rings is 1. The predicted octanol–water partition coefficient (Wildman–Crippen LogP) is -1.18. The Bertz CT molecular complexity index is 1250. The predicted molar refractivity (Wildman–Crippen MR) is 173 cm³/mol. The summed E-state index contributed by atoms with van der Waals surface area (Å²) >= 11 is 0.955. The van der Waals surface area contributed by atoms with Crippen LogP contribution in [-0.2, 0) is 45.4 Å². The van der Waals surface area contributed by atoms with E-state index in [-0.39, 0.29) is 36.9 Å². The molecule has 4 rings (SSSR count). The van der Waals surface area contributed by atoms with E-state index in [9.17, 15) is 19.6 Å². The lowest BCUT2D eigenvalue weighted by molar-refractivity contribution is -0.0243. The van der Waals surface area contributed by atoms with E-state index < -0.39 is 43.4 Å². The Balaban J connectivity index is 1.51. The van der Waals surface area contributed by atoms with Crippen molar-refractivity contribution < 1.29 is 47.6 Å². The Labute approximate surface area is 259 Å². The number of nitrogens with one attached hydrogen (secondary N) is 1. The van der Waals surface area contributed by atoms with Crippen molar-refractivity contribution in [3.63, 3.8) is 0 Å². The molecule has 2 aliphatic heterocycles. The van der Waals surface area contributed by atoms with E-state index in [0.29, 0.717) is 25.7 Å². The zero-order chi connectivity index (χ0) is 31.1. The molecule has 12 nitrogen and oxygen atoms in total. The molecule has 3 heterocycles. The second kappa shape index (κ2) is 15.7. The molecule has 3 N–H and O–H groups in total. The van der Waals surface area contributed by atoms with Crippen molar-refractivity contribution in [2.45, 2.75) is 54.4 Å². The third kappa shape index (κ3) is 8.02. The summed E-state index contributed by atoms with van der Waals surface area (Å²) in [7, 11) is 9.90. The van der Waals surface area contributed by atoms with Gasteiger partial charge in [0, 0.05) is 50.3 Å². The molecule has 0 bridgehead atoms. The summed E-state index contributed by atoms with van der Waals surface area (Å²) in [6.07, 6.45) is -4.50. The first-order chi connectivity index (χ1) is 20.7. The molecule has 1 aromatic carbocycles. The van der Waals surface area contributed by atoms with E-state index in [1.807, 2.05) is 27.6 Å². The van der Waals surface area contributed by atoms with Crippen molar-refractivity contribution in [1.82, 2.24) is 4.57 Å². The van der Waals surface area contributed by atoms with Gasteiger partial charge in [0.25, 0.3) is 5.91 Å². The van der Waals surface area contributed by atoms with Crippen molar-refractivity contribution in [3.8, 4) is 0 Å². The number of anilines is 1. The van der Waals surface area contributed by atoms with Crippen LogP contribution < -0.4 is 5.32 Å². The third-order valence-corrected chi connectivity index (χ3v) is 11.5. The normalized spacial score (nSPS) is 30.2. The number of carbonyl (C=O) groups excluding carboxylic acids is 1. The second-order valence-corrected chi connectivity index (χ2v) is 14.5. The Hall–Kier alpha value is -1.51. The van der Waals surface area contributed by atoms with E-state index in [4.69, 9.17) is 28.0 Å². The minimum Gasteiger partial charge on any atom is -0.394 e. The average Bonchev–Trinajstić information content (AvgIpc) is 3.66. The summed E-state index contributed by atoms with van der Waals surface area (Å²) in [5.74, 6) is 0.517. The number of aliphatic hydroxyl groups is 2. The van der Waals surface area contributed by atoms with E-state index in [1.54, 1.807) is 41.9 Å². The van der Waals surface area contributed by atoms with Crippen LogP contribution in [0.2, 0.25) is 0 Å². The average molecular weight is 634 g/mol. The molecule has 9 atom stereocenters. The van der Waals surface area contributed by atoms with Crippen LogP contribution in [0.15, 0.2) is 42.5 Å². The van der Waals surface area contributed by atoms with Gasteiger partial charge in [-0.15, -0.1) is 0 Å². The lowest BCUT2D eigenvalue weighted by Gasteiger charge is -2.28. The third-order valence-electron chi connectivity index (χ3n) is 7.89. The molecule has 0 spiro atoms. The number of hydrogen-bond acceptors (Lipinski definition) is 11. The van der Waals surface area contributed by atoms with Gasteiger partial charge in [-0.25, -0.2) is 4.57 Å². The highest BCUT2D eigenvalue weighted by Gasteiger charge is 2.49. The SMILES string of the molecule is BB[C@@H]1O[C@H](COP(=O)(OC2[C@@H](CO)O[C@@H](BB)[C@H]2OC)SCc2ccc(NC(=O)c3ccccc3)n2C)C(O)[C@@H]1OC. The second-order valence-electron chi connectivity index (χ2n) is 10.5. The number of aliphatic hydroxyl groups excluding tert-OH is 2. The molecule has 2 saturated heterocycles. The van der Waals surface area contributed by atoms with E-state index in [1.165, 1.54) is 14.2 Å². The molecule has 3 unspecified atom stereocenters. The minimum absolute atomic E-state index is 0.202. The van der Waals surface area contributed by atoms with Crippen molar-refractivity contribution in [2.24, 2.45) is 7.05 Å². The van der Waals surface area contributed by atoms with Crippen LogP contribution in [0.25, 0.3) is 0 Å². The number of aromatic nitrogens is 1. The zero-order valence-corrected chi connectivity index (χ0v) is 26.9. The van der Waals surface area contributed by atoms with Gasteiger partial charge in [-0.2, -0.15) is 0 Å².